The van der Waals surface area contributed by atoms with Crippen molar-refractivity contribution in [3.05, 3.63) is 29.8 Å². The number of fused-ring (bicyclic) bond motifs is 1. The molecular formula is C18H27NO. The van der Waals surface area contributed by atoms with Crippen LogP contribution in [0.2, 0.25) is 0 Å². The van der Waals surface area contributed by atoms with Gasteiger partial charge in [-0.25, -0.2) is 0 Å². The fourth-order valence-corrected chi connectivity index (χ4v) is 3.97. The molecule has 1 aromatic carbocycles. The monoisotopic (exact) mass is 273 g/mol. The lowest BCUT2D eigenvalue weighted by molar-refractivity contribution is 0.0541. The standard InChI is InChI=1S/C18H27NO/c1-13-7-10-18(20)16(11-13)12-19-14(2)8-9-15-5-3-4-6-17(15)19/h3-6,13-14,16,18,20H,7-12H2,1-2H3. The summed E-state index contributed by atoms with van der Waals surface area (Å²) in [5, 5.41) is 10.3. The van der Waals surface area contributed by atoms with Gasteiger partial charge in [0.25, 0.3) is 0 Å². The summed E-state index contributed by atoms with van der Waals surface area (Å²) in [6.45, 7) is 5.67. The Morgan fingerprint density at radius 1 is 1.15 bits per heavy atom. The lowest BCUT2D eigenvalue weighted by atomic mass is 9.79. The van der Waals surface area contributed by atoms with Crippen LogP contribution in [0.15, 0.2) is 24.3 Å². The van der Waals surface area contributed by atoms with Crippen molar-refractivity contribution in [1.29, 1.82) is 0 Å². The molecule has 0 bridgehead atoms. The number of nitrogens with zero attached hydrogens (tertiary/aromatic N) is 1. The van der Waals surface area contributed by atoms with E-state index >= 15 is 0 Å². The third kappa shape index (κ3) is 2.71. The van der Waals surface area contributed by atoms with E-state index in [4.69, 9.17) is 0 Å². The average Bonchev–Trinajstić information content (AvgIpc) is 2.46. The fourth-order valence-electron chi connectivity index (χ4n) is 3.97. The molecule has 1 N–H and O–H groups in total. The molecule has 0 saturated heterocycles. The van der Waals surface area contributed by atoms with E-state index in [9.17, 15) is 5.11 Å². The molecule has 4 unspecified atom stereocenters. The van der Waals surface area contributed by atoms with Crippen LogP contribution in [-0.4, -0.2) is 23.8 Å². The van der Waals surface area contributed by atoms with Gasteiger partial charge in [-0.1, -0.05) is 25.1 Å². The van der Waals surface area contributed by atoms with Crippen LogP contribution in [0.4, 0.5) is 5.69 Å². The summed E-state index contributed by atoms with van der Waals surface area (Å²) in [5.74, 6) is 1.20. The van der Waals surface area contributed by atoms with Gasteiger partial charge in [0.2, 0.25) is 0 Å². The highest BCUT2D eigenvalue weighted by atomic mass is 16.3. The van der Waals surface area contributed by atoms with Gasteiger partial charge >= 0.3 is 0 Å². The van der Waals surface area contributed by atoms with Crippen molar-refractivity contribution in [2.75, 3.05) is 11.4 Å². The number of anilines is 1. The van der Waals surface area contributed by atoms with Crippen LogP contribution < -0.4 is 4.90 Å². The molecule has 0 spiro atoms. The lowest BCUT2D eigenvalue weighted by Crippen LogP contribution is -2.44. The predicted octanol–water partition coefficient (Wildman–Crippen LogP) is 3.62. The number of hydrogen-bond donors (Lipinski definition) is 1. The van der Waals surface area contributed by atoms with Crippen LogP contribution >= 0.6 is 0 Å². The van der Waals surface area contributed by atoms with Crippen molar-refractivity contribution in [2.45, 2.75) is 58.1 Å². The van der Waals surface area contributed by atoms with Crippen LogP contribution in [-0.2, 0) is 6.42 Å². The van der Waals surface area contributed by atoms with Crippen molar-refractivity contribution in [3.8, 4) is 0 Å². The second-order valence-electron chi connectivity index (χ2n) is 6.91. The number of hydrogen-bond acceptors (Lipinski definition) is 2. The van der Waals surface area contributed by atoms with Gasteiger partial charge in [0.15, 0.2) is 0 Å². The molecule has 0 amide bonds. The fraction of sp³-hybridized carbons (Fsp3) is 0.667. The third-order valence-electron chi connectivity index (χ3n) is 5.30. The molecule has 0 radical (unpaired) electrons. The number of rotatable bonds is 2. The van der Waals surface area contributed by atoms with Gasteiger partial charge in [0, 0.05) is 24.2 Å². The van der Waals surface area contributed by atoms with Gasteiger partial charge in [-0.15, -0.1) is 0 Å². The number of para-hydroxylation sites is 1. The van der Waals surface area contributed by atoms with Crippen LogP contribution in [0.5, 0.6) is 0 Å². The smallest absolute Gasteiger partial charge is 0.0585 e. The molecule has 110 valence electrons. The van der Waals surface area contributed by atoms with E-state index in [-0.39, 0.29) is 6.10 Å². The van der Waals surface area contributed by atoms with Gasteiger partial charge in [0.1, 0.15) is 0 Å². The van der Waals surface area contributed by atoms with Gasteiger partial charge in [-0.2, -0.15) is 0 Å². The molecule has 1 aromatic rings. The van der Waals surface area contributed by atoms with Crippen molar-refractivity contribution >= 4 is 5.69 Å². The second kappa shape index (κ2) is 5.77. The summed E-state index contributed by atoms with van der Waals surface area (Å²) in [7, 11) is 0. The first-order chi connectivity index (χ1) is 9.65. The van der Waals surface area contributed by atoms with Crippen molar-refractivity contribution < 1.29 is 5.11 Å². The van der Waals surface area contributed by atoms with Crippen molar-refractivity contribution in [1.82, 2.24) is 0 Å². The van der Waals surface area contributed by atoms with Crippen LogP contribution in [0, 0.1) is 11.8 Å². The number of benzene rings is 1. The van der Waals surface area contributed by atoms with Crippen LogP contribution in [0.3, 0.4) is 0 Å². The normalized spacial score (nSPS) is 33.9. The Balaban J connectivity index is 1.79. The van der Waals surface area contributed by atoms with E-state index in [0.29, 0.717) is 12.0 Å². The molecule has 1 saturated carbocycles. The summed E-state index contributed by atoms with van der Waals surface area (Å²) in [4.78, 5) is 2.55. The predicted molar refractivity (Wildman–Crippen MR) is 84.1 cm³/mol. The molecule has 0 aromatic heterocycles. The largest absolute Gasteiger partial charge is 0.393 e. The number of aliphatic hydroxyl groups is 1. The van der Waals surface area contributed by atoms with E-state index in [1.54, 1.807) is 0 Å². The minimum atomic E-state index is -0.104. The Labute approximate surface area is 122 Å². The van der Waals surface area contributed by atoms with E-state index in [2.05, 4.69) is 43.0 Å². The second-order valence-corrected chi connectivity index (χ2v) is 6.91. The Morgan fingerprint density at radius 2 is 1.95 bits per heavy atom. The Bertz CT molecular complexity index is 458. The summed E-state index contributed by atoms with van der Waals surface area (Å²) >= 11 is 0. The van der Waals surface area contributed by atoms with E-state index in [1.165, 1.54) is 36.9 Å². The number of aliphatic hydroxyl groups excluding tert-OH is 1. The number of aryl methyl sites for hydroxylation is 1. The van der Waals surface area contributed by atoms with Gasteiger partial charge < -0.3 is 10.0 Å². The van der Waals surface area contributed by atoms with E-state index in [1.807, 2.05) is 0 Å². The maximum atomic E-state index is 10.3. The van der Waals surface area contributed by atoms with Gasteiger partial charge in [-0.05, 0) is 56.6 Å². The molecule has 20 heavy (non-hydrogen) atoms. The summed E-state index contributed by atoms with van der Waals surface area (Å²) < 4.78 is 0. The third-order valence-corrected chi connectivity index (χ3v) is 5.30. The molecule has 4 atom stereocenters. The Hall–Kier alpha value is -1.02. The zero-order chi connectivity index (χ0) is 14.1. The lowest BCUT2D eigenvalue weighted by Gasteiger charge is -2.42. The molecule has 1 aliphatic carbocycles. The minimum Gasteiger partial charge on any atom is -0.393 e. The van der Waals surface area contributed by atoms with Crippen molar-refractivity contribution in [2.24, 2.45) is 11.8 Å². The molecule has 2 heteroatoms. The highest BCUT2D eigenvalue weighted by Gasteiger charge is 2.31. The minimum absolute atomic E-state index is 0.104. The molecule has 2 aliphatic rings. The Morgan fingerprint density at radius 3 is 2.80 bits per heavy atom. The summed E-state index contributed by atoms with van der Waals surface area (Å²) in [6.07, 6.45) is 5.66. The zero-order valence-electron chi connectivity index (χ0n) is 12.8. The van der Waals surface area contributed by atoms with E-state index in [0.717, 1.165) is 18.9 Å². The Kier molecular flexibility index (Phi) is 4.02. The molecular weight excluding hydrogens is 246 g/mol. The maximum Gasteiger partial charge on any atom is 0.0585 e. The maximum absolute atomic E-state index is 10.3. The zero-order valence-corrected chi connectivity index (χ0v) is 12.8. The summed E-state index contributed by atoms with van der Waals surface area (Å²) in [5.41, 5.74) is 2.88. The van der Waals surface area contributed by atoms with E-state index < -0.39 is 0 Å². The molecule has 1 heterocycles. The van der Waals surface area contributed by atoms with Gasteiger partial charge in [-0.3, -0.25) is 0 Å². The van der Waals surface area contributed by atoms with Crippen LogP contribution in [0.1, 0.15) is 45.1 Å². The summed E-state index contributed by atoms with van der Waals surface area (Å²) in [6, 6.07) is 9.39. The molecule has 1 aliphatic heterocycles. The van der Waals surface area contributed by atoms with Crippen molar-refractivity contribution in [3.63, 3.8) is 0 Å². The molecule has 3 rings (SSSR count). The quantitative estimate of drug-likeness (QED) is 0.889. The SMILES string of the molecule is CC1CCC(O)C(CN2c3ccccc3CCC2C)C1. The topological polar surface area (TPSA) is 23.5 Å². The highest BCUT2D eigenvalue weighted by Crippen LogP contribution is 2.35. The first-order valence-electron chi connectivity index (χ1n) is 8.17. The average molecular weight is 273 g/mol. The molecule has 1 fully saturated rings. The van der Waals surface area contributed by atoms with Gasteiger partial charge in [0.05, 0.1) is 6.10 Å². The highest BCUT2D eigenvalue weighted by molar-refractivity contribution is 5.56. The molecule has 2 nitrogen and oxygen atoms in total. The first-order valence-corrected chi connectivity index (χ1v) is 8.17. The first kappa shape index (κ1) is 13.9. The van der Waals surface area contributed by atoms with Crippen LogP contribution in [0.25, 0.3) is 0 Å².